The van der Waals surface area contributed by atoms with Gasteiger partial charge in [0, 0.05) is 22.0 Å². The van der Waals surface area contributed by atoms with Gasteiger partial charge in [0.2, 0.25) is 5.95 Å². The topological polar surface area (TPSA) is 100 Å². The number of benzene rings is 2. The number of rotatable bonds is 6. The van der Waals surface area contributed by atoms with Gasteiger partial charge < -0.3 is 15.5 Å². The van der Waals surface area contributed by atoms with E-state index in [1.54, 1.807) is 36.4 Å². The summed E-state index contributed by atoms with van der Waals surface area (Å²) >= 11 is 12.8. The average molecular weight is 457 g/mol. The third-order valence-corrected chi connectivity index (χ3v) is 5.40. The van der Waals surface area contributed by atoms with Crippen molar-refractivity contribution in [1.29, 1.82) is 0 Å². The van der Waals surface area contributed by atoms with Crippen LogP contribution in [-0.4, -0.2) is 44.0 Å². The van der Waals surface area contributed by atoms with Crippen molar-refractivity contribution in [3.8, 4) is 16.9 Å². The van der Waals surface area contributed by atoms with Gasteiger partial charge in [-0.25, -0.2) is 4.98 Å². The van der Waals surface area contributed by atoms with Gasteiger partial charge in [-0.2, -0.15) is 4.98 Å². The first-order valence-electron chi connectivity index (χ1n) is 9.45. The molecule has 0 spiro atoms. The molecule has 2 heterocycles. The number of hydrogen-bond acceptors (Lipinski definition) is 6. The predicted molar refractivity (Wildman–Crippen MR) is 122 cm³/mol. The Morgan fingerprint density at radius 2 is 1.58 bits per heavy atom. The van der Waals surface area contributed by atoms with Crippen molar-refractivity contribution in [2.24, 2.45) is 0 Å². The van der Waals surface area contributed by atoms with Gasteiger partial charge >= 0.3 is 0 Å². The van der Waals surface area contributed by atoms with Crippen molar-refractivity contribution in [3.05, 3.63) is 81.1 Å². The fourth-order valence-electron chi connectivity index (χ4n) is 3.24. The van der Waals surface area contributed by atoms with Gasteiger partial charge in [-0.1, -0.05) is 53.5 Å². The van der Waals surface area contributed by atoms with Crippen molar-refractivity contribution < 1.29 is 10.2 Å². The smallest absolute Gasteiger partial charge is 0.256 e. The van der Waals surface area contributed by atoms with E-state index in [9.17, 15) is 15.0 Å². The number of nitrogens with zero attached hydrogens (tertiary/aromatic N) is 3. The Kier molecular flexibility index (Phi) is 6.20. The molecule has 0 aliphatic heterocycles. The summed E-state index contributed by atoms with van der Waals surface area (Å²) in [5.74, 6) is 0.127. The average Bonchev–Trinajstić information content (AvgIpc) is 2.78. The molecule has 0 unspecified atom stereocenters. The van der Waals surface area contributed by atoms with E-state index >= 15 is 0 Å². The minimum Gasteiger partial charge on any atom is -0.394 e. The van der Waals surface area contributed by atoms with E-state index in [1.807, 2.05) is 18.2 Å². The standard InChI is InChI=1S/C22H18Cl2N4O3/c23-16-6-2-1-5-14(16)20-15-9-10-19(31)28(18-8-4-3-7-17(18)24)21(15)27-22(26-20)25-13(11-29)12-30/h1-10,13,29-30H,11-12H2,(H,25,26,27). The molecule has 0 fully saturated rings. The van der Waals surface area contributed by atoms with Crippen molar-refractivity contribution in [3.63, 3.8) is 0 Å². The number of fused-ring (bicyclic) bond motifs is 1. The molecule has 0 radical (unpaired) electrons. The maximum Gasteiger partial charge on any atom is 0.256 e. The van der Waals surface area contributed by atoms with E-state index in [1.165, 1.54) is 10.6 Å². The van der Waals surface area contributed by atoms with Crippen LogP contribution in [0.5, 0.6) is 0 Å². The molecule has 4 rings (SSSR count). The summed E-state index contributed by atoms with van der Waals surface area (Å²) in [6, 6.07) is 16.5. The lowest BCUT2D eigenvalue weighted by molar-refractivity contribution is 0.203. The van der Waals surface area contributed by atoms with Crippen LogP contribution in [0.4, 0.5) is 5.95 Å². The molecule has 2 aromatic carbocycles. The Hall–Kier alpha value is -2.97. The Morgan fingerprint density at radius 3 is 2.26 bits per heavy atom. The molecule has 4 aromatic rings. The Bertz CT molecular complexity index is 1310. The monoisotopic (exact) mass is 456 g/mol. The van der Waals surface area contributed by atoms with E-state index in [0.717, 1.165) is 0 Å². The fourth-order valence-corrected chi connectivity index (χ4v) is 3.68. The number of para-hydroxylation sites is 1. The summed E-state index contributed by atoms with van der Waals surface area (Å²) in [4.78, 5) is 22.0. The Morgan fingerprint density at radius 1 is 0.903 bits per heavy atom. The number of aromatic nitrogens is 3. The van der Waals surface area contributed by atoms with Gasteiger partial charge in [0.05, 0.1) is 35.7 Å². The Balaban J connectivity index is 2.08. The van der Waals surface area contributed by atoms with E-state index in [2.05, 4.69) is 15.3 Å². The molecule has 0 amide bonds. The highest BCUT2D eigenvalue weighted by molar-refractivity contribution is 6.33. The molecule has 0 atom stereocenters. The fraction of sp³-hybridized carbons (Fsp3) is 0.136. The molecule has 7 nitrogen and oxygen atoms in total. The molecule has 0 aliphatic carbocycles. The lowest BCUT2D eigenvalue weighted by Crippen LogP contribution is -2.29. The van der Waals surface area contributed by atoms with Crippen LogP contribution >= 0.6 is 23.2 Å². The zero-order valence-corrected chi connectivity index (χ0v) is 17.7. The van der Waals surface area contributed by atoms with Gasteiger partial charge in [-0.05, 0) is 24.3 Å². The highest BCUT2D eigenvalue weighted by Crippen LogP contribution is 2.33. The second-order valence-corrected chi connectivity index (χ2v) is 7.59. The highest BCUT2D eigenvalue weighted by atomic mass is 35.5. The van der Waals surface area contributed by atoms with E-state index < -0.39 is 6.04 Å². The quantitative estimate of drug-likeness (QED) is 0.410. The lowest BCUT2D eigenvalue weighted by Gasteiger charge is -2.18. The maximum absolute atomic E-state index is 12.9. The first kappa shape index (κ1) is 21.3. The third kappa shape index (κ3) is 4.13. The molecular weight excluding hydrogens is 439 g/mol. The zero-order chi connectivity index (χ0) is 22.0. The molecule has 0 saturated carbocycles. The van der Waals surface area contributed by atoms with E-state index in [4.69, 9.17) is 23.2 Å². The molecule has 158 valence electrons. The van der Waals surface area contributed by atoms with Crippen LogP contribution in [0.3, 0.4) is 0 Å². The second kappa shape index (κ2) is 9.03. The summed E-state index contributed by atoms with van der Waals surface area (Å²) in [5.41, 5.74) is 1.59. The molecule has 31 heavy (non-hydrogen) atoms. The summed E-state index contributed by atoms with van der Waals surface area (Å²) in [6.07, 6.45) is 0. The molecular formula is C22H18Cl2N4O3. The first-order valence-corrected chi connectivity index (χ1v) is 10.2. The SMILES string of the molecule is O=c1ccc2c(-c3ccccc3Cl)nc(NC(CO)CO)nc2n1-c1ccccc1Cl. The summed E-state index contributed by atoms with van der Waals surface area (Å²) in [5, 5.41) is 23.3. The zero-order valence-electron chi connectivity index (χ0n) is 16.2. The summed E-state index contributed by atoms with van der Waals surface area (Å²) in [6.45, 7) is -0.656. The number of anilines is 1. The van der Waals surface area contributed by atoms with Crippen LogP contribution in [-0.2, 0) is 0 Å². The molecule has 0 saturated heterocycles. The number of aliphatic hydroxyl groups excluding tert-OH is 2. The van der Waals surface area contributed by atoms with Crippen molar-refractivity contribution >= 4 is 40.2 Å². The van der Waals surface area contributed by atoms with Crippen LogP contribution in [0.1, 0.15) is 0 Å². The molecule has 2 aromatic heterocycles. The van der Waals surface area contributed by atoms with Crippen molar-refractivity contribution in [2.75, 3.05) is 18.5 Å². The maximum atomic E-state index is 12.9. The number of halogens is 2. The minimum absolute atomic E-state index is 0.127. The first-order chi connectivity index (χ1) is 15.0. The molecule has 0 aliphatic rings. The molecule has 0 bridgehead atoms. The van der Waals surface area contributed by atoms with Crippen LogP contribution in [0.25, 0.3) is 28.0 Å². The van der Waals surface area contributed by atoms with Gasteiger partial charge in [0.15, 0.2) is 5.65 Å². The third-order valence-electron chi connectivity index (χ3n) is 4.75. The summed E-state index contributed by atoms with van der Waals surface area (Å²) < 4.78 is 1.40. The molecule has 3 N–H and O–H groups in total. The van der Waals surface area contributed by atoms with Crippen LogP contribution < -0.4 is 10.9 Å². The van der Waals surface area contributed by atoms with Crippen LogP contribution in [0.2, 0.25) is 10.0 Å². The van der Waals surface area contributed by atoms with Crippen LogP contribution in [0.15, 0.2) is 65.5 Å². The second-order valence-electron chi connectivity index (χ2n) is 6.78. The van der Waals surface area contributed by atoms with Crippen LogP contribution in [0, 0.1) is 0 Å². The van der Waals surface area contributed by atoms with Gasteiger partial charge in [-0.3, -0.25) is 9.36 Å². The largest absolute Gasteiger partial charge is 0.394 e. The van der Waals surface area contributed by atoms with E-state index in [-0.39, 0.29) is 24.7 Å². The van der Waals surface area contributed by atoms with Gasteiger partial charge in [0.1, 0.15) is 0 Å². The Labute approximate surface area is 187 Å². The number of pyridine rings is 1. The number of nitrogens with one attached hydrogen (secondary N) is 1. The normalized spacial score (nSPS) is 11.3. The predicted octanol–water partition coefficient (Wildman–Crippen LogP) is 3.52. The van der Waals surface area contributed by atoms with Gasteiger partial charge in [0.25, 0.3) is 5.56 Å². The lowest BCUT2D eigenvalue weighted by atomic mass is 10.1. The minimum atomic E-state index is -0.680. The van der Waals surface area contributed by atoms with E-state index in [0.29, 0.717) is 38.0 Å². The van der Waals surface area contributed by atoms with Crippen molar-refractivity contribution in [2.45, 2.75) is 6.04 Å². The number of aliphatic hydroxyl groups is 2. The summed E-state index contributed by atoms with van der Waals surface area (Å²) in [7, 11) is 0. The highest BCUT2D eigenvalue weighted by Gasteiger charge is 2.18. The van der Waals surface area contributed by atoms with Crippen molar-refractivity contribution in [1.82, 2.24) is 14.5 Å². The molecule has 9 heteroatoms. The van der Waals surface area contributed by atoms with Gasteiger partial charge in [-0.15, -0.1) is 0 Å². The number of hydrogen-bond donors (Lipinski definition) is 3.